The van der Waals surface area contributed by atoms with Crippen molar-refractivity contribution in [2.24, 2.45) is 0 Å². The molecule has 3 heteroatoms. The molecule has 0 aliphatic rings. The summed E-state index contributed by atoms with van der Waals surface area (Å²) in [6.07, 6.45) is 6.62. The zero-order chi connectivity index (χ0) is 6.69. The van der Waals surface area contributed by atoms with Crippen molar-refractivity contribution in [3.8, 4) is 12.3 Å². The Hall–Kier alpha value is -1.01. The highest BCUT2D eigenvalue weighted by atomic mass is 32.1. The Bertz CT molecular complexity index is 251. The summed E-state index contributed by atoms with van der Waals surface area (Å²) in [6, 6.07) is 1.65. The molecule has 1 heterocycles. The molecule has 0 saturated heterocycles. The van der Waals surface area contributed by atoms with Crippen LogP contribution in [-0.4, -0.2) is 9.97 Å². The molecule has 1 rings (SSSR count). The summed E-state index contributed by atoms with van der Waals surface area (Å²) in [5, 5.41) is 0.408. The third-order valence-electron chi connectivity index (χ3n) is 0.791. The molecule has 0 aliphatic carbocycles. The molecular formula is C6H4N2S. The molecule has 0 aromatic carbocycles. The van der Waals surface area contributed by atoms with Gasteiger partial charge in [0.1, 0.15) is 5.69 Å². The Balaban J connectivity index is 3.12. The maximum Gasteiger partial charge on any atom is 0.185 e. The lowest BCUT2D eigenvalue weighted by molar-refractivity contribution is 0.963. The Morgan fingerprint density at radius 3 is 2.89 bits per heavy atom. The molecule has 0 saturated carbocycles. The maximum atomic E-state index is 5.04. The molecule has 0 atom stereocenters. The van der Waals surface area contributed by atoms with E-state index in [2.05, 4.69) is 28.5 Å². The van der Waals surface area contributed by atoms with Crippen molar-refractivity contribution in [3.63, 3.8) is 0 Å². The van der Waals surface area contributed by atoms with Crippen molar-refractivity contribution in [1.29, 1.82) is 0 Å². The number of nitrogens with zero attached hydrogens (tertiary/aromatic N) is 2. The first-order chi connectivity index (χ1) is 4.33. The van der Waals surface area contributed by atoms with Gasteiger partial charge in [0.05, 0.1) is 0 Å². The lowest BCUT2D eigenvalue weighted by Crippen LogP contribution is -1.84. The minimum absolute atomic E-state index is 0.408. The topological polar surface area (TPSA) is 25.8 Å². The van der Waals surface area contributed by atoms with Gasteiger partial charge in [-0.1, -0.05) is 5.92 Å². The Labute approximate surface area is 58.8 Å². The van der Waals surface area contributed by atoms with E-state index < -0.39 is 0 Å². The molecule has 9 heavy (non-hydrogen) atoms. The van der Waals surface area contributed by atoms with Crippen LogP contribution in [0.3, 0.4) is 0 Å². The molecule has 1 aromatic rings. The molecule has 1 aromatic heterocycles. The number of rotatable bonds is 0. The van der Waals surface area contributed by atoms with Crippen molar-refractivity contribution >= 4 is 12.6 Å². The van der Waals surface area contributed by atoms with Crippen LogP contribution >= 0.6 is 12.6 Å². The summed E-state index contributed by atoms with van der Waals surface area (Å²) in [7, 11) is 0. The van der Waals surface area contributed by atoms with Gasteiger partial charge in [0.2, 0.25) is 0 Å². The van der Waals surface area contributed by atoms with E-state index in [4.69, 9.17) is 6.42 Å². The summed E-state index contributed by atoms with van der Waals surface area (Å²) in [4.78, 5) is 7.55. The molecule has 0 radical (unpaired) electrons. The smallest absolute Gasteiger partial charge is 0.185 e. The highest BCUT2D eigenvalue weighted by Gasteiger charge is 1.87. The van der Waals surface area contributed by atoms with E-state index in [1.54, 1.807) is 12.3 Å². The zero-order valence-electron chi connectivity index (χ0n) is 4.57. The third-order valence-corrected chi connectivity index (χ3v) is 1.01. The third kappa shape index (κ3) is 1.44. The summed E-state index contributed by atoms with van der Waals surface area (Å²) in [6.45, 7) is 0. The van der Waals surface area contributed by atoms with Gasteiger partial charge in [-0.2, -0.15) is 0 Å². The van der Waals surface area contributed by atoms with Gasteiger partial charge in [0.15, 0.2) is 5.16 Å². The minimum Gasteiger partial charge on any atom is -0.231 e. The largest absolute Gasteiger partial charge is 0.231 e. The molecule has 0 aliphatic heterocycles. The Morgan fingerprint density at radius 2 is 2.44 bits per heavy atom. The maximum absolute atomic E-state index is 5.04. The first kappa shape index (κ1) is 6.12. The second-order valence-electron chi connectivity index (χ2n) is 1.39. The van der Waals surface area contributed by atoms with Crippen molar-refractivity contribution in [1.82, 2.24) is 9.97 Å². The molecule has 0 spiro atoms. The van der Waals surface area contributed by atoms with Gasteiger partial charge >= 0.3 is 0 Å². The van der Waals surface area contributed by atoms with Gasteiger partial charge in [-0.15, -0.1) is 19.1 Å². The van der Waals surface area contributed by atoms with E-state index >= 15 is 0 Å². The van der Waals surface area contributed by atoms with E-state index in [0.29, 0.717) is 10.9 Å². The van der Waals surface area contributed by atoms with Gasteiger partial charge in [-0.3, -0.25) is 0 Å². The second-order valence-corrected chi connectivity index (χ2v) is 1.79. The van der Waals surface area contributed by atoms with Crippen LogP contribution in [0.1, 0.15) is 5.69 Å². The Kier molecular flexibility index (Phi) is 1.71. The highest BCUT2D eigenvalue weighted by Crippen LogP contribution is 1.95. The summed E-state index contributed by atoms with van der Waals surface area (Å²) in [5.74, 6) is 2.37. The van der Waals surface area contributed by atoms with Crippen LogP contribution in [0.25, 0.3) is 0 Å². The van der Waals surface area contributed by atoms with Gasteiger partial charge < -0.3 is 0 Å². The van der Waals surface area contributed by atoms with Crippen LogP contribution in [0.15, 0.2) is 17.4 Å². The average molecular weight is 136 g/mol. The van der Waals surface area contributed by atoms with E-state index in [9.17, 15) is 0 Å². The monoisotopic (exact) mass is 136 g/mol. The quantitative estimate of drug-likeness (QED) is 0.323. The van der Waals surface area contributed by atoms with Crippen molar-refractivity contribution in [3.05, 3.63) is 18.0 Å². The van der Waals surface area contributed by atoms with Crippen molar-refractivity contribution < 1.29 is 0 Å². The van der Waals surface area contributed by atoms with Gasteiger partial charge in [0.25, 0.3) is 0 Å². The lowest BCUT2D eigenvalue weighted by atomic mass is 10.4. The van der Waals surface area contributed by atoms with Crippen molar-refractivity contribution in [2.45, 2.75) is 5.16 Å². The van der Waals surface area contributed by atoms with Crippen molar-refractivity contribution in [2.75, 3.05) is 0 Å². The normalized spacial score (nSPS) is 8.44. The number of thiol groups is 1. The van der Waals surface area contributed by atoms with Gasteiger partial charge in [-0.25, -0.2) is 9.97 Å². The molecular weight excluding hydrogens is 132 g/mol. The standard InChI is InChI=1S/C6H4N2S/c1-2-5-3-4-7-6(9)8-5/h1,3-4H,(H,7,8,9). The number of terminal acetylenes is 1. The molecule has 2 nitrogen and oxygen atoms in total. The number of hydrogen-bond acceptors (Lipinski definition) is 3. The van der Waals surface area contributed by atoms with Crippen LogP contribution < -0.4 is 0 Å². The summed E-state index contributed by atoms with van der Waals surface area (Å²) in [5.41, 5.74) is 0.565. The number of aromatic nitrogens is 2. The zero-order valence-corrected chi connectivity index (χ0v) is 5.47. The van der Waals surface area contributed by atoms with E-state index in [1.807, 2.05) is 0 Å². The van der Waals surface area contributed by atoms with Gasteiger partial charge in [-0.05, 0) is 6.07 Å². The Morgan fingerprint density at radius 1 is 1.67 bits per heavy atom. The first-order valence-electron chi connectivity index (χ1n) is 2.31. The van der Waals surface area contributed by atoms with Crippen LogP contribution in [0.2, 0.25) is 0 Å². The molecule has 0 unspecified atom stereocenters. The molecule has 0 fully saturated rings. The summed E-state index contributed by atoms with van der Waals surface area (Å²) >= 11 is 3.89. The molecule has 0 amide bonds. The highest BCUT2D eigenvalue weighted by molar-refractivity contribution is 7.80. The van der Waals surface area contributed by atoms with Crippen LogP contribution in [0.4, 0.5) is 0 Å². The second kappa shape index (κ2) is 2.51. The molecule has 44 valence electrons. The average Bonchev–Trinajstić information content (AvgIpc) is 1.88. The molecule has 0 N–H and O–H groups in total. The van der Waals surface area contributed by atoms with E-state index in [1.165, 1.54) is 0 Å². The first-order valence-corrected chi connectivity index (χ1v) is 2.76. The van der Waals surface area contributed by atoms with Crippen LogP contribution in [-0.2, 0) is 0 Å². The van der Waals surface area contributed by atoms with Crippen LogP contribution in [0.5, 0.6) is 0 Å². The summed E-state index contributed by atoms with van der Waals surface area (Å²) < 4.78 is 0. The number of hydrogen-bond donors (Lipinski definition) is 1. The SMILES string of the molecule is C#Cc1ccnc(S)n1. The predicted molar refractivity (Wildman–Crippen MR) is 37.2 cm³/mol. The van der Waals surface area contributed by atoms with E-state index in [-0.39, 0.29) is 0 Å². The fourth-order valence-electron chi connectivity index (χ4n) is 0.429. The van der Waals surface area contributed by atoms with Gasteiger partial charge in [0, 0.05) is 6.20 Å². The molecule has 0 bridgehead atoms. The fourth-order valence-corrected chi connectivity index (χ4v) is 0.603. The minimum atomic E-state index is 0.408. The fraction of sp³-hybridized carbons (Fsp3) is 0. The predicted octanol–water partition coefficient (Wildman–Crippen LogP) is 0.747. The lowest BCUT2D eigenvalue weighted by Gasteiger charge is -1.87. The van der Waals surface area contributed by atoms with Crippen LogP contribution in [0, 0.1) is 12.3 Å². The van der Waals surface area contributed by atoms with E-state index in [0.717, 1.165) is 0 Å².